The van der Waals surface area contributed by atoms with Crippen LogP contribution in [-0.4, -0.2) is 43.2 Å². The number of carbonyl (C=O) groups is 1. The molecule has 1 heterocycles. The molecule has 0 radical (unpaired) electrons. The highest BCUT2D eigenvalue weighted by Crippen LogP contribution is 2.20. The van der Waals surface area contributed by atoms with Gasteiger partial charge in [0.1, 0.15) is 6.04 Å². The van der Waals surface area contributed by atoms with Crippen molar-refractivity contribution in [2.45, 2.75) is 33.2 Å². The largest absolute Gasteiger partial charge is 0.378 e. The standard InChI is InChI=1S/C11H22N2O2/c1-11(2,3)4-5-13-6-7-15-8-9(13)10(12)14/h9H,4-8H2,1-3H3,(H2,12,14)/t9-/m1/s1. The Morgan fingerprint density at radius 2 is 2.20 bits per heavy atom. The van der Waals surface area contributed by atoms with Crippen LogP contribution in [0.3, 0.4) is 0 Å². The minimum atomic E-state index is -0.274. The van der Waals surface area contributed by atoms with Crippen molar-refractivity contribution in [1.82, 2.24) is 4.90 Å². The summed E-state index contributed by atoms with van der Waals surface area (Å²) in [7, 11) is 0. The van der Waals surface area contributed by atoms with E-state index in [1.165, 1.54) is 0 Å². The highest BCUT2D eigenvalue weighted by molar-refractivity contribution is 5.80. The van der Waals surface area contributed by atoms with E-state index in [0.29, 0.717) is 18.6 Å². The Bertz CT molecular complexity index is 223. The second kappa shape index (κ2) is 4.94. The molecule has 4 nitrogen and oxygen atoms in total. The molecular weight excluding hydrogens is 192 g/mol. The third-order valence-electron chi connectivity index (χ3n) is 2.72. The molecule has 0 aromatic heterocycles. The van der Waals surface area contributed by atoms with Crippen LogP contribution in [0.4, 0.5) is 0 Å². The Kier molecular flexibility index (Phi) is 4.11. The summed E-state index contributed by atoms with van der Waals surface area (Å²) < 4.78 is 5.26. The van der Waals surface area contributed by atoms with Gasteiger partial charge in [0.15, 0.2) is 0 Å². The number of hydrogen-bond donors (Lipinski definition) is 1. The lowest BCUT2D eigenvalue weighted by molar-refractivity contribution is -0.129. The van der Waals surface area contributed by atoms with Crippen molar-refractivity contribution in [3.05, 3.63) is 0 Å². The third kappa shape index (κ3) is 4.18. The Morgan fingerprint density at radius 1 is 1.53 bits per heavy atom. The average Bonchev–Trinajstić information content (AvgIpc) is 2.14. The number of hydrogen-bond acceptors (Lipinski definition) is 3. The van der Waals surface area contributed by atoms with Gasteiger partial charge < -0.3 is 10.5 Å². The SMILES string of the molecule is CC(C)(C)CCN1CCOC[C@@H]1C(N)=O. The fourth-order valence-electron chi connectivity index (χ4n) is 1.65. The number of amides is 1. The van der Waals surface area contributed by atoms with Gasteiger partial charge >= 0.3 is 0 Å². The van der Waals surface area contributed by atoms with E-state index < -0.39 is 0 Å². The highest BCUT2D eigenvalue weighted by Gasteiger charge is 2.28. The molecule has 0 unspecified atom stereocenters. The summed E-state index contributed by atoms with van der Waals surface area (Å²) in [4.78, 5) is 13.3. The number of nitrogens with two attached hydrogens (primary N) is 1. The summed E-state index contributed by atoms with van der Waals surface area (Å²) in [6, 6.07) is -0.235. The van der Waals surface area contributed by atoms with E-state index in [-0.39, 0.29) is 11.9 Å². The Hall–Kier alpha value is -0.610. The molecule has 0 spiro atoms. The van der Waals surface area contributed by atoms with Crippen molar-refractivity contribution in [2.24, 2.45) is 11.1 Å². The first-order valence-corrected chi connectivity index (χ1v) is 5.51. The Labute approximate surface area is 91.8 Å². The highest BCUT2D eigenvalue weighted by atomic mass is 16.5. The smallest absolute Gasteiger partial charge is 0.237 e. The molecule has 1 fully saturated rings. The second-order valence-electron chi connectivity index (χ2n) is 5.34. The molecule has 0 aromatic rings. The van der Waals surface area contributed by atoms with Crippen molar-refractivity contribution < 1.29 is 9.53 Å². The number of ether oxygens (including phenoxy) is 1. The maximum atomic E-state index is 11.2. The van der Waals surface area contributed by atoms with Gasteiger partial charge in [-0.2, -0.15) is 0 Å². The van der Waals surface area contributed by atoms with Crippen LogP contribution in [0, 0.1) is 5.41 Å². The lowest BCUT2D eigenvalue weighted by Crippen LogP contribution is -2.52. The van der Waals surface area contributed by atoms with Gasteiger partial charge in [-0.1, -0.05) is 20.8 Å². The lowest BCUT2D eigenvalue weighted by atomic mass is 9.92. The molecule has 2 N–H and O–H groups in total. The van der Waals surface area contributed by atoms with E-state index in [1.54, 1.807) is 0 Å². The number of morpholine rings is 1. The van der Waals surface area contributed by atoms with Crippen LogP contribution in [-0.2, 0) is 9.53 Å². The quantitative estimate of drug-likeness (QED) is 0.749. The topological polar surface area (TPSA) is 55.6 Å². The average molecular weight is 214 g/mol. The summed E-state index contributed by atoms with van der Waals surface area (Å²) >= 11 is 0. The number of primary amides is 1. The van der Waals surface area contributed by atoms with Crippen LogP contribution >= 0.6 is 0 Å². The summed E-state index contributed by atoms with van der Waals surface area (Å²) in [5.41, 5.74) is 5.63. The van der Waals surface area contributed by atoms with Crippen molar-refractivity contribution in [2.75, 3.05) is 26.3 Å². The minimum absolute atomic E-state index is 0.235. The van der Waals surface area contributed by atoms with Crippen LogP contribution < -0.4 is 5.73 Å². The zero-order chi connectivity index (χ0) is 11.5. The fourth-order valence-corrected chi connectivity index (χ4v) is 1.65. The van der Waals surface area contributed by atoms with Crippen molar-refractivity contribution in [3.63, 3.8) is 0 Å². The van der Waals surface area contributed by atoms with Crippen molar-refractivity contribution >= 4 is 5.91 Å². The lowest BCUT2D eigenvalue weighted by Gasteiger charge is -2.35. The Balaban J connectivity index is 2.46. The monoisotopic (exact) mass is 214 g/mol. The predicted octanol–water partition coefficient (Wildman–Crippen LogP) is 0.609. The molecule has 1 aliphatic heterocycles. The fraction of sp³-hybridized carbons (Fsp3) is 0.909. The van der Waals surface area contributed by atoms with Gasteiger partial charge in [0.2, 0.25) is 5.91 Å². The molecule has 1 rings (SSSR count). The molecule has 88 valence electrons. The number of rotatable bonds is 3. The van der Waals surface area contributed by atoms with Gasteiger partial charge in [0, 0.05) is 6.54 Å². The first-order chi connectivity index (χ1) is 6.90. The number of carbonyl (C=O) groups excluding carboxylic acids is 1. The van der Waals surface area contributed by atoms with E-state index in [9.17, 15) is 4.79 Å². The maximum absolute atomic E-state index is 11.2. The molecule has 1 amide bonds. The van der Waals surface area contributed by atoms with Crippen LogP contribution in [0.15, 0.2) is 0 Å². The van der Waals surface area contributed by atoms with Gasteiger partial charge in [-0.3, -0.25) is 9.69 Å². The molecule has 4 heteroatoms. The van der Waals surface area contributed by atoms with Crippen LogP contribution in [0.1, 0.15) is 27.2 Å². The van der Waals surface area contributed by atoms with Crippen LogP contribution in [0.25, 0.3) is 0 Å². The molecule has 0 bridgehead atoms. The van der Waals surface area contributed by atoms with E-state index in [1.807, 2.05) is 0 Å². The predicted molar refractivity (Wildman–Crippen MR) is 59.4 cm³/mol. The summed E-state index contributed by atoms with van der Waals surface area (Å²) in [5.74, 6) is -0.274. The first kappa shape index (κ1) is 12.5. The second-order valence-corrected chi connectivity index (χ2v) is 5.34. The van der Waals surface area contributed by atoms with Crippen LogP contribution in [0.2, 0.25) is 0 Å². The Morgan fingerprint density at radius 3 is 2.73 bits per heavy atom. The maximum Gasteiger partial charge on any atom is 0.237 e. The normalized spacial score (nSPS) is 24.1. The van der Waals surface area contributed by atoms with Crippen molar-refractivity contribution in [3.8, 4) is 0 Å². The molecule has 0 aromatic carbocycles. The zero-order valence-corrected chi connectivity index (χ0v) is 9.95. The van der Waals surface area contributed by atoms with Gasteiger partial charge in [0.25, 0.3) is 0 Å². The number of nitrogens with zero attached hydrogens (tertiary/aromatic N) is 1. The third-order valence-corrected chi connectivity index (χ3v) is 2.72. The van der Waals surface area contributed by atoms with E-state index >= 15 is 0 Å². The van der Waals surface area contributed by atoms with Crippen molar-refractivity contribution in [1.29, 1.82) is 0 Å². The molecule has 1 aliphatic rings. The molecule has 0 saturated carbocycles. The first-order valence-electron chi connectivity index (χ1n) is 5.51. The minimum Gasteiger partial charge on any atom is -0.378 e. The molecular formula is C11H22N2O2. The summed E-state index contributed by atoms with van der Waals surface area (Å²) in [5, 5.41) is 0. The molecule has 1 atom stereocenters. The van der Waals surface area contributed by atoms with Crippen LogP contribution in [0.5, 0.6) is 0 Å². The van der Waals surface area contributed by atoms with E-state index in [0.717, 1.165) is 19.5 Å². The van der Waals surface area contributed by atoms with E-state index in [4.69, 9.17) is 10.5 Å². The summed E-state index contributed by atoms with van der Waals surface area (Å²) in [6.45, 7) is 9.48. The zero-order valence-electron chi connectivity index (χ0n) is 9.95. The van der Waals surface area contributed by atoms with E-state index in [2.05, 4.69) is 25.7 Å². The summed E-state index contributed by atoms with van der Waals surface area (Å²) in [6.07, 6.45) is 1.07. The van der Waals surface area contributed by atoms with Gasteiger partial charge in [0.05, 0.1) is 13.2 Å². The van der Waals surface area contributed by atoms with Gasteiger partial charge in [-0.25, -0.2) is 0 Å². The molecule has 15 heavy (non-hydrogen) atoms. The molecule has 1 saturated heterocycles. The van der Waals surface area contributed by atoms with Gasteiger partial charge in [-0.05, 0) is 18.4 Å². The van der Waals surface area contributed by atoms with Gasteiger partial charge in [-0.15, -0.1) is 0 Å². The molecule has 0 aliphatic carbocycles.